The Balaban J connectivity index is 1.25. The molecule has 1 saturated heterocycles. The average molecular weight is 499 g/mol. The van der Waals surface area contributed by atoms with Gasteiger partial charge in [-0.1, -0.05) is 24.2 Å². The number of nitrogens with one attached hydrogen (secondary N) is 1. The van der Waals surface area contributed by atoms with Crippen molar-refractivity contribution >= 4 is 33.4 Å². The molecule has 0 atom stereocenters. The molecule has 2 fully saturated rings. The molecule has 5 rings (SSSR count). The zero-order valence-electron chi connectivity index (χ0n) is 18.6. The minimum Gasteiger partial charge on any atom is -0.325 e. The second kappa shape index (κ2) is 9.85. The number of amides is 1. The molecule has 1 aromatic carbocycles. The van der Waals surface area contributed by atoms with Gasteiger partial charge in [-0.05, 0) is 56.0 Å². The van der Waals surface area contributed by atoms with Crippen LogP contribution in [0.4, 0.5) is 5.69 Å². The molecule has 1 aliphatic heterocycles. The lowest BCUT2D eigenvalue weighted by atomic mass is 10.2. The van der Waals surface area contributed by atoms with Crippen molar-refractivity contribution in [1.82, 2.24) is 24.1 Å². The quantitative estimate of drug-likeness (QED) is 0.473. The predicted molar refractivity (Wildman–Crippen MR) is 130 cm³/mol. The molecule has 34 heavy (non-hydrogen) atoms. The van der Waals surface area contributed by atoms with E-state index >= 15 is 0 Å². The molecule has 1 amide bonds. The average Bonchev–Trinajstić information content (AvgIpc) is 3.62. The number of thioether (sulfide) groups is 1. The van der Waals surface area contributed by atoms with Crippen LogP contribution in [0.25, 0.3) is 11.4 Å². The van der Waals surface area contributed by atoms with Crippen LogP contribution >= 0.6 is 11.8 Å². The molecule has 178 valence electrons. The van der Waals surface area contributed by atoms with E-state index in [0.717, 1.165) is 43.5 Å². The Hall–Kier alpha value is -2.76. The van der Waals surface area contributed by atoms with Crippen molar-refractivity contribution in [3.8, 4) is 11.4 Å². The third-order valence-corrected chi connectivity index (χ3v) is 8.76. The van der Waals surface area contributed by atoms with Crippen LogP contribution in [0.1, 0.15) is 38.1 Å². The Morgan fingerprint density at radius 2 is 1.82 bits per heavy atom. The highest BCUT2D eigenvalue weighted by Gasteiger charge is 2.30. The van der Waals surface area contributed by atoms with Gasteiger partial charge in [-0.3, -0.25) is 14.3 Å². The molecule has 3 heterocycles. The van der Waals surface area contributed by atoms with Gasteiger partial charge in [0.2, 0.25) is 15.9 Å². The number of rotatable bonds is 8. The zero-order valence-corrected chi connectivity index (χ0v) is 20.3. The first-order valence-electron chi connectivity index (χ1n) is 11.4. The minimum atomic E-state index is -3.56. The van der Waals surface area contributed by atoms with Gasteiger partial charge in [-0.15, -0.1) is 10.2 Å². The summed E-state index contributed by atoms with van der Waals surface area (Å²) in [7, 11) is -3.56. The molecule has 9 nitrogen and oxygen atoms in total. The number of carbonyl (C=O) groups excluding carboxylic acids is 1. The van der Waals surface area contributed by atoms with Gasteiger partial charge in [-0.25, -0.2) is 8.42 Å². The summed E-state index contributed by atoms with van der Waals surface area (Å²) < 4.78 is 29.5. The summed E-state index contributed by atoms with van der Waals surface area (Å²) in [4.78, 5) is 16.9. The summed E-state index contributed by atoms with van der Waals surface area (Å²) in [5.74, 6) is 0.696. The second-order valence-corrected chi connectivity index (χ2v) is 11.4. The number of hydrogen-bond acceptors (Lipinski definition) is 7. The number of benzene rings is 1. The second-order valence-electron chi connectivity index (χ2n) is 8.47. The lowest BCUT2D eigenvalue weighted by molar-refractivity contribution is -0.113. The summed E-state index contributed by atoms with van der Waals surface area (Å²) in [5, 5.41) is 12.2. The van der Waals surface area contributed by atoms with Gasteiger partial charge in [0.15, 0.2) is 11.0 Å². The Kier molecular flexibility index (Phi) is 6.66. The summed E-state index contributed by atoms with van der Waals surface area (Å²) in [6.45, 7) is 1.08. The molecule has 1 saturated carbocycles. The van der Waals surface area contributed by atoms with Gasteiger partial charge < -0.3 is 5.32 Å². The van der Waals surface area contributed by atoms with Gasteiger partial charge in [-0.2, -0.15) is 4.31 Å². The molecule has 0 spiro atoms. The van der Waals surface area contributed by atoms with E-state index in [4.69, 9.17) is 0 Å². The molecular formula is C23H26N6O3S2. The van der Waals surface area contributed by atoms with E-state index in [-0.39, 0.29) is 16.6 Å². The van der Waals surface area contributed by atoms with Gasteiger partial charge >= 0.3 is 0 Å². The van der Waals surface area contributed by atoms with Crippen molar-refractivity contribution in [3.05, 3.63) is 48.8 Å². The largest absolute Gasteiger partial charge is 0.325 e. The van der Waals surface area contributed by atoms with Crippen LogP contribution in [0.5, 0.6) is 0 Å². The first-order valence-corrected chi connectivity index (χ1v) is 13.8. The lowest BCUT2D eigenvalue weighted by Crippen LogP contribution is -2.35. The van der Waals surface area contributed by atoms with Crippen molar-refractivity contribution in [2.24, 2.45) is 0 Å². The van der Waals surface area contributed by atoms with Gasteiger partial charge in [0, 0.05) is 42.8 Å². The molecule has 0 radical (unpaired) electrons. The van der Waals surface area contributed by atoms with Gasteiger partial charge in [0.1, 0.15) is 0 Å². The number of carbonyl (C=O) groups is 1. The molecular weight excluding hydrogens is 472 g/mol. The topological polar surface area (TPSA) is 110 Å². The molecule has 3 aromatic rings. The summed E-state index contributed by atoms with van der Waals surface area (Å²) in [6, 6.07) is 10.6. The summed E-state index contributed by atoms with van der Waals surface area (Å²) in [6.07, 6.45) is 8.38. The van der Waals surface area contributed by atoms with Crippen molar-refractivity contribution in [2.75, 3.05) is 24.2 Å². The van der Waals surface area contributed by atoms with Crippen molar-refractivity contribution < 1.29 is 13.2 Å². The maximum atomic E-state index is 12.9. The van der Waals surface area contributed by atoms with Crippen LogP contribution in [0, 0.1) is 0 Å². The maximum Gasteiger partial charge on any atom is 0.243 e. The highest BCUT2D eigenvalue weighted by molar-refractivity contribution is 7.99. The molecule has 2 aliphatic rings. The predicted octanol–water partition coefficient (Wildman–Crippen LogP) is 3.58. The molecule has 1 N–H and O–H groups in total. The monoisotopic (exact) mass is 498 g/mol. The van der Waals surface area contributed by atoms with E-state index in [2.05, 4.69) is 25.1 Å². The number of anilines is 1. The van der Waals surface area contributed by atoms with Crippen LogP contribution in [0.15, 0.2) is 58.8 Å². The van der Waals surface area contributed by atoms with E-state index < -0.39 is 10.0 Å². The highest BCUT2D eigenvalue weighted by Crippen LogP contribution is 2.41. The van der Waals surface area contributed by atoms with E-state index in [9.17, 15) is 13.2 Å². The van der Waals surface area contributed by atoms with Gasteiger partial charge in [0.25, 0.3) is 0 Å². The first-order chi connectivity index (χ1) is 16.5. The fourth-order valence-electron chi connectivity index (χ4n) is 4.05. The molecule has 1 aliphatic carbocycles. The number of sulfonamides is 1. The number of aromatic nitrogens is 4. The fraction of sp³-hybridized carbons (Fsp3) is 0.391. The van der Waals surface area contributed by atoms with E-state index in [1.165, 1.54) is 22.1 Å². The Bertz CT molecular complexity index is 1270. The Morgan fingerprint density at radius 1 is 1.06 bits per heavy atom. The Morgan fingerprint density at radius 3 is 2.56 bits per heavy atom. The van der Waals surface area contributed by atoms with Crippen molar-refractivity contribution in [3.63, 3.8) is 0 Å². The first kappa shape index (κ1) is 23.0. The highest BCUT2D eigenvalue weighted by atomic mass is 32.2. The molecule has 11 heteroatoms. The third-order valence-electron chi connectivity index (χ3n) is 5.92. The van der Waals surface area contributed by atoms with Gasteiger partial charge in [0.05, 0.1) is 10.6 Å². The summed E-state index contributed by atoms with van der Waals surface area (Å²) in [5.41, 5.74) is 1.40. The van der Waals surface area contributed by atoms with Crippen LogP contribution in [-0.2, 0) is 14.8 Å². The standard InChI is InChI=1S/C23H26N6O3S2/c30-21(25-18-5-4-6-20(15-18)34(31,32)28-13-2-1-3-14-28)16-33-23-27-26-22(29(23)19-7-8-19)17-9-11-24-12-10-17/h4-6,9-12,15,19H,1-3,7-8,13-14,16H2,(H,25,30). The van der Waals surface area contributed by atoms with Crippen molar-refractivity contribution in [2.45, 2.75) is 48.2 Å². The zero-order chi connectivity index (χ0) is 23.5. The normalized spacial score (nSPS) is 16.9. The summed E-state index contributed by atoms with van der Waals surface area (Å²) >= 11 is 1.33. The Labute approximate surface area is 203 Å². The van der Waals surface area contributed by atoms with Crippen LogP contribution < -0.4 is 5.32 Å². The van der Waals surface area contributed by atoms with Crippen LogP contribution in [-0.4, -0.2) is 57.2 Å². The van der Waals surface area contributed by atoms with E-state index in [0.29, 0.717) is 30.0 Å². The van der Waals surface area contributed by atoms with Crippen molar-refractivity contribution in [1.29, 1.82) is 0 Å². The molecule has 0 bridgehead atoms. The minimum absolute atomic E-state index is 0.143. The number of pyridine rings is 1. The number of nitrogens with zero attached hydrogens (tertiary/aromatic N) is 5. The lowest BCUT2D eigenvalue weighted by Gasteiger charge is -2.26. The molecule has 0 unspecified atom stereocenters. The molecule has 2 aromatic heterocycles. The van der Waals surface area contributed by atoms with Crippen LogP contribution in [0.2, 0.25) is 0 Å². The maximum absolute atomic E-state index is 12.9. The van der Waals surface area contributed by atoms with Crippen LogP contribution in [0.3, 0.4) is 0 Å². The number of piperidine rings is 1. The SMILES string of the molecule is O=C(CSc1nnc(-c2ccncc2)n1C1CC1)Nc1cccc(S(=O)(=O)N2CCCCC2)c1. The van der Waals surface area contributed by atoms with E-state index in [1.807, 2.05) is 12.1 Å². The fourth-order valence-corrected chi connectivity index (χ4v) is 6.42. The smallest absolute Gasteiger partial charge is 0.243 e. The third kappa shape index (κ3) is 5.01. The number of hydrogen-bond donors (Lipinski definition) is 1. The van der Waals surface area contributed by atoms with E-state index in [1.54, 1.807) is 30.6 Å².